The zero-order valence-corrected chi connectivity index (χ0v) is 14.2. The minimum absolute atomic E-state index is 0.00952. The zero-order chi connectivity index (χ0) is 17.4. The van der Waals surface area contributed by atoms with Crippen molar-refractivity contribution in [3.8, 4) is 5.75 Å². The van der Waals surface area contributed by atoms with Crippen LogP contribution in [0.15, 0.2) is 24.3 Å². The van der Waals surface area contributed by atoms with Gasteiger partial charge in [0, 0.05) is 31.9 Å². The van der Waals surface area contributed by atoms with Crippen LogP contribution in [0.2, 0.25) is 0 Å². The normalized spacial score (nSPS) is 18.0. The molecule has 1 aromatic carbocycles. The summed E-state index contributed by atoms with van der Waals surface area (Å²) >= 11 is 0. The Balaban J connectivity index is 1.81. The number of benzene rings is 1. The molecule has 0 unspecified atom stereocenters. The van der Waals surface area contributed by atoms with Crippen LogP contribution >= 0.6 is 0 Å². The summed E-state index contributed by atoms with van der Waals surface area (Å²) in [7, 11) is 3.24. The molecule has 24 heavy (non-hydrogen) atoms. The van der Waals surface area contributed by atoms with Crippen molar-refractivity contribution in [3.63, 3.8) is 0 Å². The molecular weight excluding hydrogens is 310 g/mol. The van der Waals surface area contributed by atoms with Crippen LogP contribution in [0.25, 0.3) is 0 Å². The van der Waals surface area contributed by atoms with Crippen LogP contribution in [-0.2, 0) is 14.3 Å². The average molecular weight is 335 g/mol. The summed E-state index contributed by atoms with van der Waals surface area (Å²) in [5, 5.41) is 5.40. The standard InChI is InChI=1S/C17H25N3O4/c1-23-11-10-20-9-3-4-14(12-20)19-17(22)16(21)18-13-5-7-15(24-2)8-6-13/h5-8,14H,3-4,9-12H2,1-2H3,(H,18,21)(H,19,22)/t14-/m0/s1. The first-order chi connectivity index (χ1) is 11.6. The monoisotopic (exact) mass is 335 g/mol. The lowest BCUT2D eigenvalue weighted by Crippen LogP contribution is -2.50. The van der Waals surface area contributed by atoms with Crippen LogP contribution < -0.4 is 15.4 Å². The molecule has 0 aliphatic carbocycles. The maximum Gasteiger partial charge on any atom is 0.313 e. The predicted molar refractivity (Wildman–Crippen MR) is 91.1 cm³/mol. The molecule has 0 bridgehead atoms. The Bertz CT molecular complexity index is 547. The Morgan fingerprint density at radius 3 is 2.62 bits per heavy atom. The van der Waals surface area contributed by atoms with Gasteiger partial charge in [0.15, 0.2) is 0 Å². The fourth-order valence-corrected chi connectivity index (χ4v) is 2.71. The Hall–Kier alpha value is -2.12. The molecule has 1 aromatic rings. The number of rotatable bonds is 6. The molecule has 1 atom stereocenters. The number of ether oxygens (including phenoxy) is 2. The Morgan fingerprint density at radius 1 is 1.21 bits per heavy atom. The third kappa shape index (κ3) is 5.50. The highest BCUT2D eigenvalue weighted by Gasteiger charge is 2.23. The first kappa shape index (κ1) is 18.2. The highest BCUT2D eigenvalue weighted by Crippen LogP contribution is 2.15. The van der Waals surface area contributed by atoms with Crippen molar-refractivity contribution in [3.05, 3.63) is 24.3 Å². The smallest absolute Gasteiger partial charge is 0.313 e. The van der Waals surface area contributed by atoms with Gasteiger partial charge in [-0.05, 0) is 43.7 Å². The number of carbonyl (C=O) groups is 2. The van der Waals surface area contributed by atoms with E-state index in [0.29, 0.717) is 18.0 Å². The van der Waals surface area contributed by atoms with Crippen molar-refractivity contribution in [1.29, 1.82) is 0 Å². The molecule has 2 amide bonds. The van der Waals surface area contributed by atoms with Gasteiger partial charge in [-0.15, -0.1) is 0 Å². The number of hydrogen-bond donors (Lipinski definition) is 2. The van der Waals surface area contributed by atoms with Crippen LogP contribution in [0.4, 0.5) is 5.69 Å². The van der Waals surface area contributed by atoms with Gasteiger partial charge in [-0.3, -0.25) is 14.5 Å². The first-order valence-electron chi connectivity index (χ1n) is 8.09. The van der Waals surface area contributed by atoms with Crippen LogP contribution in [0, 0.1) is 0 Å². The van der Waals surface area contributed by atoms with E-state index in [9.17, 15) is 9.59 Å². The third-order valence-electron chi connectivity index (χ3n) is 4.01. The molecule has 1 fully saturated rings. The summed E-state index contributed by atoms with van der Waals surface area (Å²) in [6, 6.07) is 6.82. The summed E-state index contributed by atoms with van der Waals surface area (Å²) in [6.07, 6.45) is 1.87. The van der Waals surface area contributed by atoms with Crippen molar-refractivity contribution in [2.45, 2.75) is 18.9 Å². The highest BCUT2D eigenvalue weighted by molar-refractivity contribution is 6.39. The van der Waals surface area contributed by atoms with E-state index in [0.717, 1.165) is 32.5 Å². The van der Waals surface area contributed by atoms with E-state index in [-0.39, 0.29) is 6.04 Å². The SMILES string of the molecule is COCCN1CCC[C@H](NC(=O)C(=O)Nc2ccc(OC)cc2)C1. The van der Waals surface area contributed by atoms with Gasteiger partial charge in [-0.1, -0.05) is 0 Å². The second-order valence-corrected chi connectivity index (χ2v) is 5.79. The summed E-state index contributed by atoms with van der Waals surface area (Å²) in [5.74, 6) is -0.575. The molecule has 2 N–H and O–H groups in total. The first-order valence-corrected chi connectivity index (χ1v) is 8.09. The molecule has 1 saturated heterocycles. The van der Waals surface area contributed by atoms with E-state index in [1.165, 1.54) is 0 Å². The number of likely N-dealkylation sites (tertiary alicyclic amines) is 1. The lowest BCUT2D eigenvalue weighted by atomic mass is 10.1. The average Bonchev–Trinajstić information content (AvgIpc) is 2.61. The van der Waals surface area contributed by atoms with Crippen molar-refractivity contribution in [2.24, 2.45) is 0 Å². The van der Waals surface area contributed by atoms with Crippen molar-refractivity contribution in [1.82, 2.24) is 10.2 Å². The van der Waals surface area contributed by atoms with Crippen molar-refractivity contribution in [2.75, 3.05) is 45.8 Å². The molecular formula is C17H25N3O4. The molecule has 0 radical (unpaired) electrons. The summed E-state index contributed by atoms with van der Waals surface area (Å²) < 4.78 is 10.1. The van der Waals surface area contributed by atoms with Gasteiger partial charge in [0.1, 0.15) is 5.75 Å². The van der Waals surface area contributed by atoms with E-state index in [4.69, 9.17) is 9.47 Å². The minimum atomic E-state index is -0.658. The lowest BCUT2D eigenvalue weighted by Gasteiger charge is -2.32. The maximum atomic E-state index is 12.1. The van der Waals surface area contributed by atoms with Gasteiger partial charge < -0.3 is 20.1 Å². The number of methoxy groups -OCH3 is 2. The third-order valence-corrected chi connectivity index (χ3v) is 4.01. The Morgan fingerprint density at radius 2 is 1.96 bits per heavy atom. The maximum absolute atomic E-state index is 12.1. The predicted octanol–water partition coefficient (Wildman–Crippen LogP) is 0.861. The molecule has 0 saturated carbocycles. The van der Waals surface area contributed by atoms with Gasteiger partial charge >= 0.3 is 11.8 Å². The number of piperidine rings is 1. The number of nitrogens with one attached hydrogen (secondary N) is 2. The molecule has 1 aliphatic rings. The molecule has 7 nitrogen and oxygen atoms in total. The number of hydrogen-bond acceptors (Lipinski definition) is 5. The molecule has 0 aromatic heterocycles. The number of amides is 2. The second-order valence-electron chi connectivity index (χ2n) is 5.79. The second kappa shape index (κ2) is 9.24. The van der Waals surface area contributed by atoms with Crippen molar-refractivity contribution < 1.29 is 19.1 Å². The topological polar surface area (TPSA) is 79.9 Å². The lowest BCUT2D eigenvalue weighted by molar-refractivity contribution is -0.136. The molecule has 2 rings (SSSR count). The van der Waals surface area contributed by atoms with Gasteiger partial charge in [0.05, 0.1) is 13.7 Å². The summed E-state index contributed by atoms with van der Waals surface area (Å²) in [5.41, 5.74) is 0.557. The van der Waals surface area contributed by atoms with Gasteiger partial charge in [0.2, 0.25) is 0 Å². The summed E-state index contributed by atoms with van der Waals surface area (Å²) in [6.45, 7) is 3.23. The fourth-order valence-electron chi connectivity index (χ4n) is 2.71. The molecule has 132 valence electrons. The van der Waals surface area contributed by atoms with Crippen molar-refractivity contribution >= 4 is 17.5 Å². The van der Waals surface area contributed by atoms with E-state index >= 15 is 0 Å². The fraction of sp³-hybridized carbons (Fsp3) is 0.529. The number of nitrogens with zero attached hydrogens (tertiary/aromatic N) is 1. The number of carbonyl (C=O) groups excluding carboxylic acids is 2. The zero-order valence-electron chi connectivity index (χ0n) is 14.2. The van der Waals surface area contributed by atoms with E-state index in [1.807, 2.05) is 0 Å². The quantitative estimate of drug-likeness (QED) is 0.754. The largest absolute Gasteiger partial charge is 0.497 e. The highest BCUT2D eigenvalue weighted by atomic mass is 16.5. The van der Waals surface area contributed by atoms with Crippen LogP contribution in [0.1, 0.15) is 12.8 Å². The van der Waals surface area contributed by atoms with Crippen LogP contribution in [-0.4, -0.2) is 63.2 Å². The number of anilines is 1. The molecule has 0 spiro atoms. The molecule has 7 heteroatoms. The van der Waals surface area contributed by atoms with Gasteiger partial charge in [-0.2, -0.15) is 0 Å². The van der Waals surface area contributed by atoms with E-state index in [1.54, 1.807) is 38.5 Å². The van der Waals surface area contributed by atoms with Gasteiger partial charge in [-0.25, -0.2) is 0 Å². The van der Waals surface area contributed by atoms with E-state index in [2.05, 4.69) is 15.5 Å². The van der Waals surface area contributed by atoms with Gasteiger partial charge in [0.25, 0.3) is 0 Å². The molecule has 1 aliphatic heterocycles. The Kier molecular flexibility index (Phi) is 7.02. The van der Waals surface area contributed by atoms with Crippen LogP contribution in [0.3, 0.4) is 0 Å². The molecule has 1 heterocycles. The minimum Gasteiger partial charge on any atom is -0.497 e. The summed E-state index contributed by atoms with van der Waals surface area (Å²) in [4.78, 5) is 26.3. The van der Waals surface area contributed by atoms with Crippen LogP contribution in [0.5, 0.6) is 5.75 Å². The Labute approximate surface area is 142 Å². The van der Waals surface area contributed by atoms with E-state index < -0.39 is 11.8 Å².